The van der Waals surface area contributed by atoms with Gasteiger partial charge in [-0.3, -0.25) is 9.59 Å². The van der Waals surface area contributed by atoms with Gasteiger partial charge < -0.3 is 15.0 Å². The lowest BCUT2D eigenvalue weighted by molar-refractivity contribution is 0.0721. The average Bonchev–Trinajstić information content (AvgIpc) is 2.93. The summed E-state index contributed by atoms with van der Waals surface area (Å²) in [4.78, 5) is 24.6. The van der Waals surface area contributed by atoms with Crippen LogP contribution in [0.25, 0.3) is 0 Å². The summed E-state index contributed by atoms with van der Waals surface area (Å²) in [6, 6.07) is 13.4. The Morgan fingerprint density at radius 3 is 2.44 bits per heavy atom. The molecule has 4 rings (SSSR count). The highest BCUT2D eigenvalue weighted by atomic mass is 16.5. The van der Waals surface area contributed by atoms with Crippen LogP contribution < -0.4 is 4.74 Å². The van der Waals surface area contributed by atoms with Crippen molar-refractivity contribution in [2.75, 3.05) is 6.61 Å². The smallest absolute Gasteiger partial charge is 0.251 e. The van der Waals surface area contributed by atoms with Crippen molar-refractivity contribution in [3.8, 4) is 5.75 Å². The summed E-state index contributed by atoms with van der Waals surface area (Å²) in [5, 5.41) is 11.9. The van der Waals surface area contributed by atoms with E-state index in [1.807, 2.05) is 30.3 Å². The lowest BCUT2D eigenvalue weighted by Gasteiger charge is -2.26. The van der Waals surface area contributed by atoms with E-state index in [1.54, 1.807) is 12.1 Å². The fourth-order valence-corrected chi connectivity index (χ4v) is 4.16. The van der Waals surface area contributed by atoms with Crippen LogP contribution in [-0.2, 0) is 6.42 Å². The zero-order valence-corrected chi connectivity index (χ0v) is 15.1. The third-order valence-corrected chi connectivity index (χ3v) is 5.52. The van der Waals surface area contributed by atoms with Crippen LogP contribution in [0.1, 0.15) is 69.9 Å². The number of hydroxylamine groups is 2. The fraction of sp³-hybridized carbons (Fsp3) is 0.364. The molecular weight excluding hydrogens is 342 g/mol. The Kier molecular flexibility index (Phi) is 4.94. The highest BCUT2D eigenvalue weighted by Crippen LogP contribution is 2.43. The van der Waals surface area contributed by atoms with Crippen LogP contribution in [0.15, 0.2) is 42.5 Å². The number of hydrogen-bond donors (Lipinski definition) is 0. The van der Waals surface area contributed by atoms with Crippen molar-refractivity contribution in [2.24, 2.45) is 0 Å². The normalized spacial score (nSPS) is 17.3. The Morgan fingerprint density at radius 1 is 0.963 bits per heavy atom. The van der Waals surface area contributed by atoms with Crippen molar-refractivity contribution in [2.45, 2.75) is 44.4 Å². The first-order valence-corrected chi connectivity index (χ1v) is 9.56. The summed E-state index contributed by atoms with van der Waals surface area (Å²) >= 11 is 0. The molecule has 0 bridgehead atoms. The third kappa shape index (κ3) is 3.35. The molecule has 0 radical (unpaired) electrons. The second-order valence-corrected chi connectivity index (χ2v) is 7.22. The lowest BCUT2D eigenvalue weighted by Crippen LogP contribution is -2.23. The molecule has 2 aromatic rings. The monoisotopic (exact) mass is 364 g/mol. The average molecular weight is 364 g/mol. The van der Waals surface area contributed by atoms with Gasteiger partial charge in [-0.2, -0.15) is 0 Å². The summed E-state index contributed by atoms with van der Waals surface area (Å²) in [6.07, 6.45) is 6.00. The predicted octanol–water partition coefficient (Wildman–Crippen LogP) is 4.45. The maximum absolute atomic E-state index is 12.5. The first-order chi connectivity index (χ1) is 13.2. The molecule has 0 aromatic heterocycles. The quantitative estimate of drug-likeness (QED) is 0.735. The number of carbonyl (C=O) groups excluding carboxylic acids is 2. The first-order valence-electron chi connectivity index (χ1n) is 9.56. The number of imide groups is 1. The molecule has 0 saturated heterocycles. The largest absolute Gasteiger partial charge is 0.749 e. The van der Waals surface area contributed by atoms with Gasteiger partial charge in [-0.25, -0.2) is 0 Å². The first kappa shape index (κ1) is 17.7. The van der Waals surface area contributed by atoms with E-state index >= 15 is 0 Å². The third-order valence-electron chi connectivity index (χ3n) is 5.52. The van der Waals surface area contributed by atoms with Gasteiger partial charge in [0.05, 0.1) is 17.7 Å². The van der Waals surface area contributed by atoms with Crippen LogP contribution in [-0.4, -0.2) is 23.5 Å². The minimum atomic E-state index is -0.761. The Hall–Kier alpha value is -2.66. The summed E-state index contributed by atoms with van der Waals surface area (Å²) in [5.41, 5.74) is 2.41. The fourth-order valence-electron chi connectivity index (χ4n) is 4.16. The SMILES string of the molecule is O=C1c2ccc(OCCc3ccccc3)c(C3CCCCC3)c2C(=O)N1[O-]. The van der Waals surface area contributed by atoms with Gasteiger partial charge in [0.2, 0.25) is 0 Å². The van der Waals surface area contributed by atoms with Crippen molar-refractivity contribution in [1.82, 2.24) is 5.06 Å². The lowest BCUT2D eigenvalue weighted by atomic mass is 9.80. The highest BCUT2D eigenvalue weighted by molar-refractivity contribution is 6.22. The molecule has 2 amide bonds. The number of ether oxygens (including phenoxy) is 1. The maximum atomic E-state index is 12.5. The van der Waals surface area contributed by atoms with Gasteiger partial charge in [-0.15, -0.1) is 0 Å². The van der Waals surface area contributed by atoms with E-state index in [-0.39, 0.29) is 22.1 Å². The second kappa shape index (κ2) is 7.53. The van der Waals surface area contributed by atoms with Crippen LogP contribution in [0.4, 0.5) is 0 Å². The highest BCUT2D eigenvalue weighted by Gasteiger charge is 2.36. The van der Waals surface area contributed by atoms with Gasteiger partial charge in [0.15, 0.2) is 0 Å². The summed E-state index contributed by atoms with van der Waals surface area (Å²) in [7, 11) is 0. The van der Waals surface area contributed by atoms with Crippen LogP contribution >= 0.6 is 0 Å². The molecule has 1 saturated carbocycles. The van der Waals surface area contributed by atoms with E-state index in [1.165, 1.54) is 12.0 Å². The van der Waals surface area contributed by atoms with Crippen molar-refractivity contribution in [3.63, 3.8) is 0 Å². The molecule has 0 spiro atoms. The molecule has 1 aliphatic heterocycles. The summed E-state index contributed by atoms with van der Waals surface area (Å²) < 4.78 is 6.05. The maximum Gasteiger partial charge on any atom is 0.251 e. The van der Waals surface area contributed by atoms with E-state index < -0.39 is 11.8 Å². The molecule has 2 aromatic carbocycles. The molecule has 0 unspecified atom stereocenters. The molecule has 27 heavy (non-hydrogen) atoms. The van der Waals surface area contributed by atoms with Crippen LogP contribution in [0, 0.1) is 5.21 Å². The van der Waals surface area contributed by atoms with E-state index in [4.69, 9.17) is 4.74 Å². The molecule has 0 N–H and O–H groups in total. The topological polar surface area (TPSA) is 69.7 Å². The van der Waals surface area contributed by atoms with Gasteiger partial charge in [0.1, 0.15) is 5.75 Å². The molecule has 1 heterocycles. The predicted molar refractivity (Wildman–Crippen MR) is 102 cm³/mol. The van der Waals surface area contributed by atoms with Gasteiger partial charge in [0.25, 0.3) is 11.8 Å². The van der Waals surface area contributed by atoms with E-state index in [0.717, 1.165) is 37.7 Å². The Bertz CT molecular complexity index is 856. The molecule has 5 heteroatoms. The Balaban J connectivity index is 1.64. The van der Waals surface area contributed by atoms with Crippen LogP contribution in [0.5, 0.6) is 5.75 Å². The zero-order chi connectivity index (χ0) is 18.8. The van der Waals surface area contributed by atoms with E-state index in [0.29, 0.717) is 12.4 Å². The molecular formula is C22H22NO4-. The number of carbonyl (C=O) groups is 2. The van der Waals surface area contributed by atoms with E-state index in [9.17, 15) is 14.8 Å². The number of benzene rings is 2. The molecule has 0 atom stereocenters. The van der Waals surface area contributed by atoms with E-state index in [2.05, 4.69) is 0 Å². The summed E-state index contributed by atoms with van der Waals surface area (Å²) in [5.74, 6) is -0.719. The number of nitrogens with zero attached hydrogens (tertiary/aromatic N) is 1. The molecule has 2 aliphatic rings. The zero-order valence-electron chi connectivity index (χ0n) is 15.1. The van der Waals surface area contributed by atoms with Gasteiger partial charge in [-0.05, 0) is 36.5 Å². The summed E-state index contributed by atoms with van der Waals surface area (Å²) in [6.45, 7) is 0.478. The van der Waals surface area contributed by atoms with Gasteiger partial charge in [0, 0.05) is 12.0 Å². The second-order valence-electron chi connectivity index (χ2n) is 7.22. The van der Waals surface area contributed by atoms with Crippen molar-refractivity contribution < 1.29 is 14.3 Å². The van der Waals surface area contributed by atoms with Crippen LogP contribution in [0.3, 0.4) is 0 Å². The van der Waals surface area contributed by atoms with Crippen LogP contribution in [0.2, 0.25) is 0 Å². The van der Waals surface area contributed by atoms with Gasteiger partial charge in [-0.1, -0.05) is 49.6 Å². The number of hydrogen-bond acceptors (Lipinski definition) is 4. The number of amides is 2. The minimum absolute atomic E-state index is 0.0231. The molecule has 1 fully saturated rings. The van der Waals surface area contributed by atoms with Crippen molar-refractivity contribution >= 4 is 11.8 Å². The van der Waals surface area contributed by atoms with Crippen molar-refractivity contribution in [1.29, 1.82) is 0 Å². The molecule has 5 nitrogen and oxygen atoms in total. The molecule has 1 aliphatic carbocycles. The Labute approximate surface area is 158 Å². The molecule has 140 valence electrons. The number of fused-ring (bicyclic) bond motifs is 1. The number of rotatable bonds is 5. The standard InChI is InChI=1S/C22H22NO4/c24-21-17-11-12-18(27-14-13-15-7-3-1-4-8-15)19(16-9-5-2-6-10-16)20(17)22(25)23(21)26/h1,3-4,7-8,11-12,16H,2,5-6,9-10,13-14H2/q-1. The van der Waals surface area contributed by atoms with Gasteiger partial charge >= 0.3 is 0 Å². The Morgan fingerprint density at radius 2 is 1.70 bits per heavy atom. The minimum Gasteiger partial charge on any atom is -0.749 e. The van der Waals surface area contributed by atoms with Crippen molar-refractivity contribution in [3.05, 3.63) is 69.9 Å².